The molecule has 0 radical (unpaired) electrons. The van der Waals surface area contributed by atoms with Gasteiger partial charge in [0.15, 0.2) is 23.1 Å². The van der Waals surface area contributed by atoms with Gasteiger partial charge in [-0.1, -0.05) is 121 Å². The largest absolute Gasteiger partial charge is 0.456 e. The number of rotatable bonds is 4. The molecule has 274 valence electrons. The van der Waals surface area contributed by atoms with Crippen molar-refractivity contribution in [1.29, 1.82) is 0 Å². The zero-order chi connectivity index (χ0) is 38.6. The fourth-order valence-corrected chi connectivity index (χ4v) is 9.12. The molecule has 13 aromatic rings. The van der Waals surface area contributed by atoms with Gasteiger partial charge in [0.1, 0.15) is 16.7 Å². The SMILES string of the molecule is c1ccc2cc3c(cc2c1)c1ccccc1n3-c1ccc(-c2nc(-c3ccc4oc5ccccc5c4c3)nc(-c3cccc4ccccc34)n2)c2c1oc1ccccc12. The Morgan fingerprint density at radius 2 is 0.983 bits per heavy atom. The molecule has 0 spiro atoms. The molecular formula is C53H30N4O2. The molecule has 9 aromatic carbocycles. The average Bonchev–Trinajstić information content (AvgIpc) is 3.97. The summed E-state index contributed by atoms with van der Waals surface area (Å²) in [6.07, 6.45) is 0. The van der Waals surface area contributed by atoms with Crippen molar-refractivity contribution < 1.29 is 8.83 Å². The van der Waals surface area contributed by atoms with E-state index in [-0.39, 0.29) is 0 Å². The first kappa shape index (κ1) is 32.0. The maximum Gasteiger partial charge on any atom is 0.164 e. The Morgan fingerprint density at radius 1 is 0.356 bits per heavy atom. The molecule has 0 fully saturated rings. The first-order valence-corrected chi connectivity index (χ1v) is 19.8. The standard InChI is InChI=1S/C53H30N4O2/c1-2-14-33-30-45-41(28-32(33)13-1)36-17-5-8-21-43(36)57(45)44-26-25-40(49-39-19-7-10-23-47(39)59-50(44)49)53-55-51(34-24-27-48-42(29-34)37-18-6-9-22-46(37)58-48)54-52(56-53)38-20-11-15-31-12-3-4-16-35(31)38/h1-30H. The van der Waals surface area contributed by atoms with Crippen LogP contribution in [-0.4, -0.2) is 19.5 Å². The van der Waals surface area contributed by atoms with Gasteiger partial charge in [-0.05, 0) is 82.2 Å². The van der Waals surface area contributed by atoms with Crippen LogP contribution in [0, 0.1) is 0 Å². The highest BCUT2D eigenvalue weighted by atomic mass is 16.3. The molecule has 0 N–H and O–H groups in total. The first-order valence-electron chi connectivity index (χ1n) is 19.8. The van der Waals surface area contributed by atoms with Crippen molar-refractivity contribution in [1.82, 2.24) is 19.5 Å². The molecule has 4 heterocycles. The quantitative estimate of drug-likeness (QED) is 0.179. The number of fused-ring (bicyclic) bond motifs is 11. The van der Waals surface area contributed by atoms with Crippen LogP contribution in [0.1, 0.15) is 0 Å². The number of aromatic nitrogens is 4. The highest BCUT2D eigenvalue weighted by molar-refractivity contribution is 6.18. The first-order chi connectivity index (χ1) is 29.2. The Labute approximate surface area is 336 Å². The molecule has 13 rings (SSSR count). The summed E-state index contributed by atoms with van der Waals surface area (Å²) in [5, 5.41) is 11.0. The lowest BCUT2D eigenvalue weighted by atomic mass is 10.0. The summed E-state index contributed by atoms with van der Waals surface area (Å²) in [5.41, 5.74) is 9.06. The third-order valence-electron chi connectivity index (χ3n) is 11.8. The molecule has 0 saturated carbocycles. The molecule has 0 aliphatic heterocycles. The molecule has 0 saturated heterocycles. The summed E-state index contributed by atoms with van der Waals surface area (Å²) >= 11 is 0. The van der Waals surface area contributed by atoms with Crippen LogP contribution >= 0.6 is 0 Å². The minimum absolute atomic E-state index is 0.561. The van der Waals surface area contributed by atoms with Gasteiger partial charge in [-0.15, -0.1) is 0 Å². The predicted octanol–water partition coefficient (Wildman–Crippen LogP) is 14.1. The molecule has 0 atom stereocenters. The van der Waals surface area contributed by atoms with Gasteiger partial charge in [0, 0.05) is 49.0 Å². The number of nitrogens with zero attached hydrogens (tertiary/aromatic N) is 4. The zero-order valence-corrected chi connectivity index (χ0v) is 31.4. The third-order valence-corrected chi connectivity index (χ3v) is 11.8. The molecule has 6 nitrogen and oxygen atoms in total. The Morgan fingerprint density at radius 3 is 1.83 bits per heavy atom. The summed E-state index contributed by atoms with van der Waals surface area (Å²) in [4.78, 5) is 15.9. The van der Waals surface area contributed by atoms with Crippen molar-refractivity contribution >= 4 is 87.2 Å². The molecule has 0 unspecified atom stereocenters. The molecule has 0 bridgehead atoms. The Kier molecular flexibility index (Phi) is 6.63. The van der Waals surface area contributed by atoms with Gasteiger partial charge >= 0.3 is 0 Å². The van der Waals surface area contributed by atoms with Crippen molar-refractivity contribution in [3.8, 4) is 39.9 Å². The lowest BCUT2D eigenvalue weighted by molar-refractivity contribution is 0.666. The van der Waals surface area contributed by atoms with Crippen LogP contribution in [0.3, 0.4) is 0 Å². The van der Waals surface area contributed by atoms with E-state index in [4.69, 9.17) is 23.8 Å². The van der Waals surface area contributed by atoms with Crippen LogP contribution in [-0.2, 0) is 0 Å². The summed E-state index contributed by atoms with van der Waals surface area (Å²) in [6.45, 7) is 0. The van der Waals surface area contributed by atoms with E-state index in [1.165, 1.54) is 21.5 Å². The van der Waals surface area contributed by atoms with Crippen molar-refractivity contribution in [2.24, 2.45) is 0 Å². The van der Waals surface area contributed by atoms with E-state index in [1.54, 1.807) is 0 Å². The van der Waals surface area contributed by atoms with Gasteiger partial charge in [-0.2, -0.15) is 0 Å². The van der Waals surface area contributed by atoms with Gasteiger partial charge < -0.3 is 13.4 Å². The molecule has 0 aliphatic carbocycles. The number of hydrogen-bond acceptors (Lipinski definition) is 5. The molecule has 0 aliphatic rings. The van der Waals surface area contributed by atoms with Gasteiger partial charge in [0.05, 0.1) is 16.7 Å². The van der Waals surface area contributed by atoms with E-state index >= 15 is 0 Å². The Bertz CT molecular complexity index is 3870. The van der Waals surface area contributed by atoms with E-state index in [1.807, 2.05) is 42.5 Å². The monoisotopic (exact) mass is 754 g/mol. The average molecular weight is 755 g/mol. The minimum Gasteiger partial charge on any atom is -0.456 e. The van der Waals surface area contributed by atoms with Crippen LogP contribution in [0.5, 0.6) is 0 Å². The lowest BCUT2D eigenvalue weighted by Crippen LogP contribution is -2.01. The Hall–Kier alpha value is -8.09. The summed E-state index contributed by atoms with van der Waals surface area (Å²) in [6, 6.07) is 63.3. The van der Waals surface area contributed by atoms with Gasteiger partial charge in [0.2, 0.25) is 0 Å². The van der Waals surface area contributed by atoms with E-state index in [0.717, 1.165) is 88.1 Å². The van der Waals surface area contributed by atoms with Gasteiger partial charge in [-0.3, -0.25) is 0 Å². The van der Waals surface area contributed by atoms with Crippen molar-refractivity contribution in [2.45, 2.75) is 0 Å². The fraction of sp³-hybridized carbons (Fsp3) is 0. The third kappa shape index (κ3) is 4.77. The number of benzene rings is 9. The second-order valence-electron chi connectivity index (χ2n) is 15.1. The van der Waals surface area contributed by atoms with Crippen molar-refractivity contribution in [3.05, 3.63) is 182 Å². The summed E-state index contributed by atoms with van der Waals surface area (Å²) in [7, 11) is 0. The lowest BCUT2D eigenvalue weighted by Gasteiger charge is -2.13. The van der Waals surface area contributed by atoms with E-state index in [0.29, 0.717) is 17.5 Å². The number of furan rings is 2. The predicted molar refractivity (Wildman–Crippen MR) is 240 cm³/mol. The van der Waals surface area contributed by atoms with E-state index in [9.17, 15) is 0 Å². The molecule has 0 amide bonds. The van der Waals surface area contributed by atoms with Crippen molar-refractivity contribution in [3.63, 3.8) is 0 Å². The normalized spacial score (nSPS) is 12.1. The summed E-state index contributed by atoms with van der Waals surface area (Å²) < 4.78 is 15.5. The van der Waals surface area contributed by atoms with Gasteiger partial charge in [-0.25, -0.2) is 15.0 Å². The fourth-order valence-electron chi connectivity index (χ4n) is 9.12. The van der Waals surface area contributed by atoms with Crippen LogP contribution in [0.2, 0.25) is 0 Å². The highest BCUT2D eigenvalue weighted by Gasteiger charge is 2.24. The van der Waals surface area contributed by atoms with E-state index < -0.39 is 0 Å². The van der Waals surface area contributed by atoms with Crippen LogP contribution < -0.4 is 0 Å². The number of para-hydroxylation sites is 3. The van der Waals surface area contributed by atoms with Crippen LogP contribution in [0.4, 0.5) is 0 Å². The highest BCUT2D eigenvalue weighted by Crippen LogP contribution is 2.43. The minimum atomic E-state index is 0.561. The van der Waals surface area contributed by atoms with Crippen molar-refractivity contribution in [2.75, 3.05) is 0 Å². The summed E-state index contributed by atoms with van der Waals surface area (Å²) in [5.74, 6) is 1.73. The Balaban J connectivity index is 1.11. The molecule has 4 aromatic heterocycles. The topological polar surface area (TPSA) is 69.9 Å². The second-order valence-corrected chi connectivity index (χ2v) is 15.1. The van der Waals surface area contributed by atoms with Crippen LogP contribution in [0.25, 0.3) is 127 Å². The molecular weight excluding hydrogens is 725 g/mol. The second kappa shape index (κ2) is 12.2. The number of hydrogen-bond donors (Lipinski definition) is 0. The van der Waals surface area contributed by atoms with Crippen LogP contribution in [0.15, 0.2) is 191 Å². The van der Waals surface area contributed by atoms with E-state index in [2.05, 4.69) is 144 Å². The van der Waals surface area contributed by atoms with Gasteiger partial charge in [0.25, 0.3) is 0 Å². The maximum atomic E-state index is 6.92. The smallest absolute Gasteiger partial charge is 0.164 e. The molecule has 6 heteroatoms. The maximum absolute atomic E-state index is 6.92. The zero-order valence-electron chi connectivity index (χ0n) is 31.4. The molecule has 59 heavy (non-hydrogen) atoms.